The van der Waals surface area contributed by atoms with E-state index in [0.29, 0.717) is 23.1 Å². The van der Waals surface area contributed by atoms with E-state index in [2.05, 4.69) is 31.1 Å². The molecular formula is C21H27N3O2S. The maximum absolute atomic E-state index is 12.9. The number of para-hydroxylation sites is 1. The van der Waals surface area contributed by atoms with Crippen molar-refractivity contribution in [3.63, 3.8) is 0 Å². The zero-order valence-electron chi connectivity index (χ0n) is 16.2. The van der Waals surface area contributed by atoms with E-state index in [-0.39, 0.29) is 18.2 Å². The van der Waals surface area contributed by atoms with E-state index < -0.39 is 0 Å². The van der Waals surface area contributed by atoms with E-state index in [1.807, 2.05) is 22.4 Å². The summed E-state index contributed by atoms with van der Waals surface area (Å²) in [6.07, 6.45) is 2.28. The van der Waals surface area contributed by atoms with Crippen molar-refractivity contribution in [3.05, 3.63) is 45.9 Å². The van der Waals surface area contributed by atoms with Crippen molar-refractivity contribution in [3.8, 4) is 0 Å². The van der Waals surface area contributed by atoms with Crippen LogP contribution in [0.5, 0.6) is 0 Å². The van der Waals surface area contributed by atoms with Gasteiger partial charge in [0.15, 0.2) is 0 Å². The lowest BCUT2D eigenvalue weighted by atomic mass is 9.98. The highest BCUT2D eigenvalue weighted by Gasteiger charge is 2.23. The Kier molecular flexibility index (Phi) is 6.26. The van der Waals surface area contributed by atoms with Crippen LogP contribution in [0.15, 0.2) is 29.6 Å². The molecule has 5 nitrogen and oxygen atoms in total. The predicted molar refractivity (Wildman–Crippen MR) is 109 cm³/mol. The molecule has 1 aromatic heterocycles. The minimum Gasteiger partial charge on any atom is -0.339 e. The lowest BCUT2D eigenvalue weighted by Crippen LogP contribution is -2.38. The van der Waals surface area contributed by atoms with E-state index in [1.165, 1.54) is 0 Å². The number of aromatic nitrogens is 1. The SMILES string of the molecule is CC1CCN(C(=O)c2ccccc2NC(=O)Cc2csc(C(C)C)n2)CC1. The number of carbonyl (C=O) groups is 2. The summed E-state index contributed by atoms with van der Waals surface area (Å²) >= 11 is 1.58. The molecule has 0 unspecified atom stereocenters. The quantitative estimate of drug-likeness (QED) is 0.834. The smallest absolute Gasteiger partial charge is 0.255 e. The minimum atomic E-state index is -0.150. The van der Waals surface area contributed by atoms with Crippen LogP contribution in [-0.4, -0.2) is 34.8 Å². The second kappa shape index (κ2) is 8.65. The molecule has 2 amide bonds. The van der Waals surface area contributed by atoms with Crippen molar-refractivity contribution in [2.75, 3.05) is 18.4 Å². The summed E-state index contributed by atoms with van der Waals surface area (Å²) in [6, 6.07) is 7.25. The van der Waals surface area contributed by atoms with Gasteiger partial charge in [0.05, 0.1) is 28.4 Å². The summed E-state index contributed by atoms with van der Waals surface area (Å²) < 4.78 is 0. The third kappa shape index (κ3) is 4.95. The van der Waals surface area contributed by atoms with Crippen molar-refractivity contribution >= 4 is 28.8 Å². The number of carbonyl (C=O) groups excluding carboxylic acids is 2. The zero-order valence-corrected chi connectivity index (χ0v) is 17.0. The van der Waals surface area contributed by atoms with Gasteiger partial charge in [-0.25, -0.2) is 4.98 Å². The summed E-state index contributed by atoms with van der Waals surface area (Å²) in [5, 5.41) is 5.87. The van der Waals surface area contributed by atoms with Gasteiger partial charge in [-0.1, -0.05) is 32.9 Å². The van der Waals surface area contributed by atoms with Gasteiger partial charge in [0.25, 0.3) is 5.91 Å². The van der Waals surface area contributed by atoms with Crippen molar-refractivity contribution in [2.45, 2.75) is 46.0 Å². The van der Waals surface area contributed by atoms with Gasteiger partial charge in [-0.05, 0) is 30.9 Å². The van der Waals surface area contributed by atoms with Gasteiger partial charge in [-0.3, -0.25) is 9.59 Å². The first-order valence-electron chi connectivity index (χ1n) is 9.56. The molecule has 2 heterocycles. The highest BCUT2D eigenvalue weighted by atomic mass is 32.1. The van der Waals surface area contributed by atoms with Crippen LogP contribution in [0.25, 0.3) is 0 Å². The van der Waals surface area contributed by atoms with Crippen molar-refractivity contribution in [1.29, 1.82) is 0 Å². The van der Waals surface area contributed by atoms with Crippen LogP contribution in [0.2, 0.25) is 0 Å². The van der Waals surface area contributed by atoms with Gasteiger partial charge in [0, 0.05) is 24.4 Å². The maximum Gasteiger partial charge on any atom is 0.255 e. The number of amides is 2. The average molecular weight is 386 g/mol. The molecule has 0 aliphatic carbocycles. The summed E-state index contributed by atoms with van der Waals surface area (Å²) in [6.45, 7) is 7.95. The van der Waals surface area contributed by atoms with Crippen molar-refractivity contribution in [2.24, 2.45) is 5.92 Å². The molecule has 0 saturated carbocycles. The van der Waals surface area contributed by atoms with Crippen LogP contribution >= 0.6 is 11.3 Å². The first kappa shape index (κ1) is 19.5. The Labute approximate surface area is 164 Å². The summed E-state index contributed by atoms with van der Waals surface area (Å²) in [5.74, 6) is 0.868. The molecular weight excluding hydrogens is 358 g/mol. The van der Waals surface area contributed by atoms with Crippen LogP contribution in [0.4, 0.5) is 5.69 Å². The van der Waals surface area contributed by atoms with E-state index in [9.17, 15) is 9.59 Å². The molecule has 6 heteroatoms. The fourth-order valence-corrected chi connectivity index (χ4v) is 4.02. The monoisotopic (exact) mass is 385 g/mol. The second-order valence-electron chi connectivity index (χ2n) is 7.58. The molecule has 0 radical (unpaired) electrons. The number of rotatable bonds is 5. The fraction of sp³-hybridized carbons (Fsp3) is 0.476. The lowest BCUT2D eigenvalue weighted by molar-refractivity contribution is -0.115. The van der Waals surface area contributed by atoms with Crippen LogP contribution in [0.3, 0.4) is 0 Å². The third-order valence-corrected chi connectivity index (χ3v) is 6.10. The molecule has 1 aliphatic rings. The van der Waals surface area contributed by atoms with E-state index in [1.54, 1.807) is 23.5 Å². The number of benzene rings is 1. The largest absolute Gasteiger partial charge is 0.339 e. The number of nitrogens with zero attached hydrogens (tertiary/aromatic N) is 2. The van der Waals surface area contributed by atoms with Gasteiger partial charge in [0.2, 0.25) is 5.91 Å². The van der Waals surface area contributed by atoms with Crippen LogP contribution < -0.4 is 5.32 Å². The molecule has 3 rings (SSSR count). The maximum atomic E-state index is 12.9. The Morgan fingerprint density at radius 1 is 1.26 bits per heavy atom. The van der Waals surface area contributed by atoms with Gasteiger partial charge in [-0.2, -0.15) is 0 Å². The Balaban J connectivity index is 1.68. The van der Waals surface area contributed by atoms with Crippen LogP contribution in [-0.2, 0) is 11.2 Å². The molecule has 27 heavy (non-hydrogen) atoms. The van der Waals surface area contributed by atoms with Crippen LogP contribution in [0, 0.1) is 5.92 Å². The number of hydrogen-bond acceptors (Lipinski definition) is 4. The standard InChI is InChI=1S/C21H27N3O2S/c1-14(2)20-22-16(13-27-20)12-19(25)23-18-7-5-4-6-17(18)21(26)24-10-8-15(3)9-11-24/h4-7,13-15H,8-12H2,1-3H3,(H,23,25). The molecule has 1 aliphatic heterocycles. The Morgan fingerprint density at radius 2 is 1.96 bits per heavy atom. The molecule has 1 fully saturated rings. The van der Waals surface area contributed by atoms with Crippen LogP contribution in [0.1, 0.15) is 60.6 Å². The molecule has 1 N–H and O–H groups in total. The molecule has 0 atom stereocenters. The summed E-state index contributed by atoms with van der Waals surface area (Å²) in [5.41, 5.74) is 1.90. The number of hydrogen-bond donors (Lipinski definition) is 1. The first-order valence-corrected chi connectivity index (χ1v) is 10.4. The third-order valence-electron chi connectivity index (χ3n) is 4.91. The van der Waals surface area contributed by atoms with Crippen molar-refractivity contribution < 1.29 is 9.59 Å². The highest BCUT2D eigenvalue weighted by molar-refractivity contribution is 7.09. The number of anilines is 1. The van der Waals surface area contributed by atoms with E-state index in [0.717, 1.165) is 36.6 Å². The first-order chi connectivity index (χ1) is 12.9. The minimum absolute atomic E-state index is 0.00597. The number of nitrogens with one attached hydrogen (secondary N) is 1. The molecule has 0 bridgehead atoms. The molecule has 1 saturated heterocycles. The number of likely N-dealkylation sites (tertiary alicyclic amines) is 1. The molecule has 2 aromatic rings. The van der Waals surface area contributed by atoms with E-state index in [4.69, 9.17) is 0 Å². The Bertz CT molecular complexity index is 807. The lowest BCUT2D eigenvalue weighted by Gasteiger charge is -2.30. The summed E-state index contributed by atoms with van der Waals surface area (Å²) in [7, 11) is 0. The van der Waals surface area contributed by atoms with E-state index >= 15 is 0 Å². The topological polar surface area (TPSA) is 62.3 Å². The Hall–Kier alpha value is -2.21. The molecule has 144 valence electrons. The summed E-state index contributed by atoms with van der Waals surface area (Å²) in [4.78, 5) is 31.8. The van der Waals surface area contributed by atoms with Crippen molar-refractivity contribution in [1.82, 2.24) is 9.88 Å². The predicted octanol–water partition coefficient (Wildman–Crippen LogP) is 4.32. The Morgan fingerprint density at radius 3 is 2.63 bits per heavy atom. The average Bonchev–Trinajstić information content (AvgIpc) is 3.11. The van der Waals surface area contributed by atoms with Gasteiger partial charge >= 0.3 is 0 Å². The molecule has 0 spiro atoms. The number of thiazole rings is 1. The van der Waals surface area contributed by atoms with Gasteiger partial charge < -0.3 is 10.2 Å². The number of piperidine rings is 1. The van der Waals surface area contributed by atoms with Gasteiger partial charge in [-0.15, -0.1) is 11.3 Å². The molecule has 1 aromatic carbocycles. The zero-order chi connectivity index (χ0) is 19.4. The second-order valence-corrected chi connectivity index (χ2v) is 8.47. The normalized spacial score (nSPS) is 15.2. The van der Waals surface area contributed by atoms with Gasteiger partial charge in [0.1, 0.15) is 0 Å². The fourth-order valence-electron chi connectivity index (χ4n) is 3.19. The highest BCUT2D eigenvalue weighted by Crippen LogP contribution is 2.23.